The lowest BCUT2D eigenvalue weighted by Crippen LogP contribution is -2.23. The van der Waals surface area contributed by atoms with E-state index in [2.05, 4.69) is 10.6 Å². The highest BCUT2D eigenvalue weighted by Crippen LogP contribution is 2.32. The number of alkyl halides is 3. The molecule has 0 aromatic heterocycles. The molecule has 162 valence electrons. The molecule has 0 saturated carbocycles. The van der Waals surface area contributed by atoms with E-state index in [9.17, 15) is 22.4 Å². The second-order valence-electron chi connectivity index (χ2n) is 7.55. The minimum atomic E-state index is -4.49. The molecule has 1 heterocycles. The van der Waals surface area contributed by atoms with Crippen molar-refractivity contribution < 1.29 is 22.4 Å². The van der Waals surface area contributed by atoms with E-state index in [1.807, 2.05) is 12.1 Å². The Hall–Kier alpha value is -2.12. The number of halogens is 5. The summed E-state index contributed by atoms with van der Waals surface area (Å²) in [6.45, 7) is 2.91. The van der Waals surface area contributed by atoms with Gasteiger partial charge in [-0.2, -0.15) is 13.2 Å². The molecular weight excluding hydrogens is 420 g/mol. The summed E-state index contributed by atoms with van der Waals surface area (Å²) in [7, 11) is 0. The molecule has 0 bridgehead atoms. The van der Waals surface area contributed by atoms with E-state index in [4.69, 9.17) is 11.6 Å². The van der Waals surface area contributed by atoms with Crippen LogP contribution in [-0.4, -0.2) is 25.0 Å². The fraction of sp³-hybridized carbons (Fsp3) is 0.409. The molecule has 0 spiro atoms. The first-order valence-corrected chi connectivity index (χ1v) is 10.2. The largest absolute Gasteiger partial charge is 0.391 e. The predicted octanol–water partition coefficient (Wildman–Crippen LogP) is 5.55. The standard InChI is InChI=1S/C22H23ClF4N2O/c1-13(22(25,26)27)10-20(30)17-4-2-14(11-19(17)24)12-29-21-16-7-9-28-8-6-15(16)3-5-18(21)23/h2-5,11,13,28-29H,6-10,12H2,1H3/t13-/m0/s1. The molecule has 0 amide bonds. The van der Waals surface area contributed by atoms with Gasteiger partial charge in [0.25, 0.3) is 0 Å². The van der Waals surface area contributed by atoms with Crippen molar-refractivity contribution in [3.63, 3.8) is 0 Å². The quantitative estimate of drug-likeness (QED) is 0.455. The van der Waals surface area contributed by atoms with Gasteiger partial charge < -0.3 is 10.6 Å². The molecular formula is C22H23ClF4N2O. The number of carbonyl (C=O) groups excluding carboxylic acids is 1. The Morgan fingerprint density at radius 3 is 2.63 bits per heavy atom. The van der Waals surface area contributed by atoms with Crippen LogP contribution in [0.4, 0.5) is 23.2 Å². The number of nitrogens with one attached hydrogen (secondary N) is 2. The highest BCUT2D eigenvalue weighted by Gasteiger charge is 2.37. The molecule has 0 saturated heterocycles. The zero-order valence-electron chi connectivity index (χ0n) is 16.5. The van der Waals surface area contributed by atoms with Gasteiger partial charge in [-0.15, -0.1) is 0 Å². The number of benzene rings is 2. The fourth-order valence-corrected chi connectivity index (χ4v) is 3.77. The van der Waals surface area contributed by atoms with Crippen LogP contribution in [0, 0.1) is 11.7 Å². The SMILES string of the molecule is C[C@@H](CC(=O)c1ccc(CNc2c(Cl)ccc3c2CCNCC3)cc1F)C(F)(F)F. The van der Waals surface area contributed by atoms with E-state index in [-0.39, 0.29) is 12.1 Å². The van der Waals surface area contributed by atoms with E-state index >= 15 is 0 Å². The van der Waals surface area contributed by atoms with Crippen LogP contribution in [0.2, 0.25) is 5.02 Å². The molecule has 2 N–H and O–H groups in total. The van der Waals surface area contributed by atoms with E-state index < -0.39 is 30.1 Å². The summed E-state index contributed by atoms with van der Waals surface area (Å²) < 4.78 is 52.4. The summed E-state index contributed by atoms with van der Waals surface area (Å²) in [6, 6.07) is 7.80. The zero-order valence-corrected chi connectivity index (χ0v) is 17.3. The van der Waals surface area contributed by atoms with Crippen LogP contribution >= 0.6 is 11.6 Å². The molecule has 30 heavy (non-hydrogen) atoms. The molecule has 3 rings (SSSR count). The third-order valence-electron chi connectivity index (χ3n) is 5.34. The Morgan fingerprint density at radius 1 is 1.20 bits per heavy atom. The van der Waals surface area contributed by atoms with E-state index in [1.54, 1.807) is 6.07 Å². The highest BCUT2D eigenvalue weighted by molar-refractivity contribution is 6.33. The van der Waals surface area contributed by atoms with Gasteiger partial charge in [0, 0.05) is 13.0 Å². The van der Waals surface area contributed by atoms with Gasteiger partial charge in [-0.1, -0.05) is 30.7 Å². The number of rotatable bonds is 6. The van der Waals surface area contributed by atoms with Crippen LogP contribution in [0.5, 0.6) is 0 Å². The maximum atomic E-state index is 14.4. The topological polar surface area (TPSA) is 41.1 Å². The van der Waals surface area contributed by atoms with Crippen LogP contribution in [0.1, 0.15) is 40.4 Å². The van der Waals surface area contributed by atoms with Crippen LogP contribution < -0.4 is 10.6 Å². The molecule has 2 aromatic rings. The van der Waals surface area contributed by atoms with Crippen LogP contribution in [0.15, 0.2) is 30.3 Å². The van der Waals surface area contributed by atoms with Gasteiger partial charge in [-0.25, -0.2) is 4.39 Å². The summed E-state index contributed by atoms with van der Waals surface area (Å²) in [4.78, 5) is 12.1. The molecule has 1 aliphatic rings. The molecule has 1 aliphatic heterocycles. The van der Waals surface area contributed by atoms with Crippen LogP contribution in [0.3, 0.4) is 0 Å². The van der Waals surface area contributed by atoms with Crippen molar-refractivity contribution in [3.05, 3.63) is 63.4 Å². The minimum absolute atomic E-state index is 0.272. The number of fused-ring (bicyclic) bond motifs is 1. The highest BCUT2D eigenvalue weighted by atomic mass is 35.5. The summed E-state index contributed by atoms with van der Waals surface area (Å²) >= 11 is 6.37. The molecule has 0 radical (unpaired) electrons. The van der Waals surface area contributed by atoms with Crippen LogP contribution in [0.25, 0.3) is 0 Å². The lowest BCUT2D eigenvalue weighted by atomic mass is 9.98. The number of ketones is 1. The fourth-order valence-electron chi connectivity index (χ4n) is 3.52. The number of anilines is 1. The molecule has 0 unspecified atom stereocenters. The maximum Gasteiger partial charge on any atom is 0.391 e. The van der Waals surface area contributed by atoms with Gasteiger partial charge in [-0.05, 0) is 60.8 Å². The average molecular weight is 443 g/mol. The van der Waals surface area contributed by atoms with Crippen molar-refractivity contribution in [2.45, 2.75) is 38.9 Å². The second kappa shape index (κ2) is 9.35. The predicted molar refractivity (Wildman–Crippen MR) is 110 cm³/mol. The monoisotopic (exact) mass is 442 g/mol. The lowest BCUT2D eigenvalue weighted by molar-refractivity contribution is -0.168. The number of carbonyl (C=O) groups is 1. The molecule has 3 nitrogen and oxygen atoms in total. The Balaban J connectivity index is 1.72. The van der Waals surface area contributed by atoms with Gasteiger partial charge in [0.15, 0.2) is 5.78 Å². The normalized spacial score (nSPS) is 15.3. The van der Waals surface area contributed by atoms with Gasteiger partial charge in [0.2, 0.25) is 0 Å². The van der Waals surface area contributed by atoms with Crippen molar-refractivity contribution in [1.82, 2.24) is 5.32 Å². The summed E-state index contributed by atoms with van der Waals surface area (Å²) in [5.74, 6) is -3.51. The second-order valence-corrected chi connectivity index (χ2v) is 7.95. The van der Waals surface area contributed by atoms with Crippen molar-refractivity contribution in [3.8, 4) is 0 Å². The Kier molecular flexibility index (Phi) is 7.03. The van der Waals surface area contributed by atoms with Crippen molar-refractivity contribution in [1.29, 1.82) is 0 Å². The first-order valence-electron chi connectivity index (χ1n) is 9.80. The number of hydrogen-bond donors (Lipinski definition) is 2. The Bertz CT molecular complexity index is 930. The van der Waals surface area contributed by atoms with Gasteiger partial charge in [0.05, 0.1) is 22.2 Å². The van der Waals surface area contributed by atoms with E-state index in [1.165, 1.54) is 17.7 Å². The maximum absolute atomic E-state index is 14.4. The Morgan fingerprint density at radius 2 is 1.93 bits per heavy atom. The molecule has 1 atom stereocenters. The van der Waals surface area contributed by atoms with Crippen LogP contribution in [-0.2, 0) is 19.4 Å². The summed E-state index contributed by atoms with van der Waals surface area (Å²) in [6.07, 6.45) is -3.56. The molecule has 0 fully saturated rings. The molecule has 0 aliphatic carbocycles. The molecule has 2 aromatic carbocycles. The van der Waals surface area contributed by atoms with Gasteiger partial charge in [-0.3, -0.25) is 4.79 Å². The third-order valence-corrected chi connectivity index (χ3v) is 5.65. The zero-order chi connectivity index (χ0) is 21.9. The molecule has 8 heteroatoms. The smallest absolute Gasteiger partial charge is 0.380 e. The van der Waals surface area contributed by atoms with E-state index in [0.29, 0.717) is 10.6 Å². The van der Waals surface area contributed by atoms with Crippen molar-refractivity contribution in [2.75, 3.05) is 18.4 Å². The number of Topliss-reactive ketones (excluding diaryl/α,β-unsaturated/α-hetero) is 1. The first kappa shape index (κ1) is 22.6. The van der Waals surface area contributed by atoms with Crippen molar-refractivity contribution >= 4 is 23.1 Å². The average Bonchev–Trinajstić information content (AvgIpc) is 2.92. The first-order chi connectivity index (χ1) is 14.2. The summed E-state index contributed by atoms with van der Waals surface area (Å²) in [5, 5.41) is 7.17. The minimum Gasteiger partial charge on any atom is -0.380 e. The third kappa shape index (κ3) is 5.32. The number of hydrogen-bond acceptors (Lipinski definition) is 3. The lowest BCUT2D eigenvalue weighted by Gasteiger charge is -2.17. The van der Waals surface area contributed by atoms with Gasteiger partial charge in [0.1, 0.15) is 5.82 Å². The van der Waals surface area contributed by atoms with E-state index in [0.717, 1.165) is 44.1 Å². The Labute approximate surface area is 177 Å². The summed E-state index contributed by atoms with van der Waals surface area (Å²) in [5.41, 5.74) is 3.37. The van der Waals surface area contributed by atoms with Crippen molar-refractivity contribution in [2.24, 2.45) is 5.92 Å². The van der Waals surface area contributed by atoms with Gasteiger partial charge >= 0.3 is 6.18 Å².